The number of fused-ring (bicyclic) bond motifs is 3. The summed E-state index contributed by atoms with van der Waals surface area (Å²) in [5, 5.41) is 6.00. The van der Waals surface area contributed by atoms with E-state index in [0.717, 1.165) is 12.1 Å². The van der Waals surface area contributed by atoms with Crippen molar-refractivity contribution in [3.05, 3.63) is 53.6 Å². The summed E-state index contributed by atoms with van der Waals surface area (Å²) in [5.74, 6) is -0.0274. The average Bonchev–Trinajstić information content (AvgIpc) is 2.84. The number of benzene rings is 2. The minimum Gasteiger partial charge on any atom is -0.324 e. The highest BCUT2D eigenvalue weighted by Gasteiger charge is 2.25. The predicted octanol–water partition coefficient (Wildman–Crippen LogP) is 3.19. The fraction of sp³-hybridized carbons (Fsp3) is 0.278. The minimum atomic E-state index is -0.581. The van der Waals surface area contributed by atoms with E-state index in [4.69, 9.17) is 0 Å². The Labute approximate surface area is 125 Å². The summed E-state index contributed by atoms with van der Waals surface area (Å²) in [4.78, 5) is 12.2. The monoisotopic (exact) mass is 280 g/mol. The number of amides is 1. The van der Waals surface area contributed by atoms with Gasteiger partial charge in [-0.1, -0.05) is 30.3 Å². The van der Waals surface area contributed by atoms with Crippen LogP contribution < -0.4 is 10.6 Å². The summed E-state index contributed by atoms with van der Waals surface area (Å²) in [6, 6.07) is 14.6. The third kappa shape index (κ3) is 2.45. The normalized spacial score (nSPS) is 12.7. The van der Waals surface area contributed by atoms with Gasteiger partial charge < -0.3 is 10.6 Å². The quantitative estimate of drug-likeness (QED) is 0.773. The molecule has 0 radical (unpaired) electrons. The number of rotatable bonds is 3. The molecule has 1 amide bonds. The number of carbonyl (C=O) groups excluding carboxylic acids is 1. The first-order valence-electron chi connectivity index (χ1n) is 7.23. The first-order chi connectivity index (χ1) is 10.0. The van der Waals surface area contributed by atoms with Crippen LogP contribution in [-0.4, -0.2) is 18.5 Å². The summed E-state index contributed by atoms with van der Waals surface area (Å²) in [6.07, 6.45) is 0.935. The molecule has 1 aliphatic carbocycles. The largest absolute Gasteiger partial charge is 0.324 e. The molecule has 0 saturated heterocycles. The zero-order chi connectivity index (χ0) is 15.0. The lowest BCUT2D eigenvalue weighted by molar-refractivity contribution is -0.121. The Morgan fingerprint density at radius 2 is 1.76 bits per heavy atom. The molecule has 3 rings (SSSR count). The molecule has 0 fully saturated rings. The van der Waals surface area contributed by atoms with Crippen molar-refractivity contribution in [2.24, 2.45) is 0 Å². The van der Waals surface area contributed by atoms with Crippen molar-refractivity contribution in [3.8, 4) is 11.1 Å². The lowest BCUT2D eigenvalue weighted by Crippen LogP contribution is -2.47. The van der Waals surface area contributed by atoms with E-state index >= 15 is 0 Å². The highest BCUT2D eigenvalue weighted by molar-refractivity contribution is 5.98. The van der Waals surface area contributed by atoms with Crippen LogP contribution in [0.5, 0.6) is 0 Å². The maximum atomic E-state index is 12.2. The highest BCUT2D eigenvalue weighted by Crippen LogP contribution is 2.37. The smallest absolute Gasteiger partial charge is 0.244 e. The molecule has 0 spiro atoms. The second kappa shape index (κ2) is 5.01. The molecule has 21 heavy (non-hydrogen) atoms. The van der Waals surface area contributed by atoms with E-state index in [0.29, 0.717) is 0 Å². The number of likely N-dealkylation sites (N-methyl/N-ethyl adjacent to an activating group) is 1. The molecule has 2 aromatic carbocycles. The lowest BCUT2D eigenvalue weighted by atomic mass is 10.0. The molecule has 2 N–H and O–H groups in total. The number of anilines is 1. The zero-order valence-electron chi connectivity index (χ0n) is 12.7. The van der Waals surface area contributed by atoms with Crippen molar-refractivity contribution in [3.63, 3.8) is 0 Å². The molecule has 0 bridgehead atoms. The number of carbonyl (C=O) groups is 1. The molecule has 2 aromatic rings. The van der Waals surface area contributed by atoms with Gasteiger partial charge in [-0.15, -0.1) is 0 Å². The molecular weight excluding hydrogens is 260 g/mol. The fourth-order valence-electron chi connectivity index (χ4n) is 2.62. The second-order valence-corrected chi connectivity index (χ2v) is 6.03. The molecule has 1 aliphatic rings. The van der Waals surface area contributed by atoms with Crippen molar-refractivity contribution < 1.29 is 4.79 Å². The Kier molecular flexibility index (Phi) is 3.30. The van der Waals surface area contributed by atoms with Gasteiger partial charge in [-0.2, -0.15) is 0 Å². The first kappa shape index (κ1) is 13.8. The van der Waals surface area contributed by atoms with Crippen LogP contribution in [0.4, 0.5) is 5.69 Å². The molecular formula is C18H20N2O. The van der Waals surface area contributed by atoms with E-state index in [1.807, 2.05) is 19.9 Å². The van der Waals surface area contributed by atoms with Gasteiger partial charge in [0.2, 0.25) is 5.91 Å². The van der Waals surface area contributed by atoms with E-state index in [-0.39, 0.29) is 5.91 Å². The standard InChI is InChI=1S/C18H20N2O/c1-18(2,19-3)17(21)20-14-8-9-16-13(11-14)10-12-6-4-5-7-15(12)16/h4-9,11,19H,10H2,1-3H3,(H,20,21). The van der Waals surface area contributed by atoms with Crippen LogP contribution in [-0.2, 0) is 11.2 Å². The highest BCUT2D eigenvalue weighted by atomic mass is 16.2. The van der Waals surface area contributed by atoms with E-state index in [9.17, 15) is 4.79 Å². The van der Waals surface area contributed by atoms with Crippen LogP contribution in [0.15, 0.2) is 42.5 Å². The van der Waals surface area contributed by atoms with Gasteiger partial charge in [-0.25, -0.2) is 0 Å². The summed E-state index contributed by atoms with van der Waals surface area (Å²) in [7, 11) is 1.79. The van der Waals surface area contributed by atoms with Crippen molar-refractivity contribution in [1.29, 1.82) is 0 Å². The number of hydrogen-bond donors (Lipinski definition) is 2. The molecule has 0 unspecified atom stereocenters. The Hall–Kier alpha value is -2.13. The third-order valence-corrected chi connectivity index (χ3v) is 4.24. The minimum absolute atomic E-state index is 0.0274. The maximum Gasteiger partial charge on any atom is 0.244 e. The van der Waals surface area contributed by atoms with Crippen molar-refractivity contribution >= 4 is 11.6 Å². The van der Waals surface area contributed by atoms with Crippen LogP contribution in [0.25, 0.3) is 11.1 Å². The summed E-state index contributed by atoms with van der Waals surface area (Å²) >= 11 is 0. The summed E-state index contributed by atoms with van der Waals surface area (Å²) in [6.45, 7) is 3.73. The van der Waals surface area contributed by atoms with Crippen molar-refractivity contribution in [1.82, 2.24) is 5.32 Å². The van der Waals surface area contributed by atoms with Gasteiger partial charge in [0.05, 0.1) is 5.54 Å². The van der Waals surface area contributed by atoms with E-state index in [1.165, 1.54) is 22.3 Å². The lowest BCUT2D eigenvalue weighted by Gasteiger charge is -2.22. The van der Waals surface area contributed by atoms with Crippen LogP contribution in [0, 0.1) is 0 Å². The van der Waals surface area contributed by atoms with Crippen LogP contribution in [0.2, 0.25) is 0 Å². The molecule has 108 valence electrons. The van der Waals surface area contributed by atoms with Gasteiger partial charge >= 0.3 is 0 Å². The Morgan fingerprint density at radius 3 is 2.52 bits per heavy atom. The molecule has 3 heteroatoms. The molecule has 0 atom stereocenters. The third-order valence-electron chi connectivity index (χ3n) is 4.24. The molecule has 0 aliphatic heterocycles. The van der Waals surface area contributed by atoms with Crippen molar-refractivity contribution in [2.45, 2.75) is 25.8 Å². The Balaban J connectivity index is 1.86. The van der Waals surface area contributed by atoms with Gasteiger partial charge in [0, 0.05) is 5.69 Å². The van der Waals surface area contributed by atoms with Gasteiger partial charge in [0.15, 0.2) is 0 Å². The Morgan fingerprint density at radius 1 is 1.05 bits per heavy atom. The van der Waals surface area contributed by atoms with Crippen LogP contribution in [0.3, 0.4) is 0 Å². The van der Waals surface area contributed by atoms with Gasteiger partial charge in [-0.05, 0) is 61.7 Å². The maximum absolute atomic E-state index is 12.2. The van der Waals surface area contributed by atoms with Gasteiger partial charge in [-0.3, -0.25) is 4.79 Å². The SMILES string of the molecule is CNC(C)(C)C(=O)Nc1ccc2c(c1)Cc1ccccc1-2. The predicted molar refractivity (Wildman–Crippen MR) is 86.5 cm³/mol. The molecule has 0 saturated carbocycles. The topological polar surface area (TPSA) is 41.1 Å². The van der Waals surface area contributed by atoms with Gasteiger partial charge in [0.1, 0.15) is 0 Å². The van der Waals surface area contributed by atoms with E-state index in [2.05, 4.69) is 47.0 Å². The van der Waals surface area contributed by atoms with E-state index < -0.39 is 5.54 Å². The Bertz CT molecular complexity index is 704. The summed E-state index contributed by atoms with van der Waals surface area (Å²) < 4.78 is 0. The van der Waals surface area contributed by atoms with Crippen LogP contribution in [0.1, 0.15) is 25.0 Å². The average molecular weight is 280 g/mol. The summed E-state index contributed by atoms with van der Waals surface area (Å²) in [5.41, 5.74) is 5.48. The zero-order valence-corrected chi connectivity index (χ0v) is 12.7. The second-order valence-electron chi connectivity index (χ2n) is 6.03. The van der Waals surface area contributed by atoms with Gasteiger partial charge in [0.25, 0.3) is 0 Å². The fourth-order valence-corrected chi connectivity index (χ4v) is 2.62. The van der Waals surface area contributed by atoms with E-state index in [1.54, 1.807) is 7.05 Å². The number of nitrogens with one attached hydrogen (secondary N) is 2. The first-order valence-corrected chi connectivity index (χ1v) is 7.23. The molecule has 3 nitrogen and oxygen atoms in total. The molecule has 0 aromatic heterocycles. The van der Waals surface area contributed by atoms with Crippen LogP contribution >= 0.6 is 0 Å². The number of hydrogen-bond acceptors (Lipinski definition) is 2. The van der Waals surface area contributed by atoms with Crippen molar-refractivity contribution in [2.75, 3.05) is 12.4 Å². The molecule has 0 heterocycles.